The van der Waals surface area contributed by atoms with E-state index in [1.165, 1.54) is 89.9 Å². The Morgan fingerprint density at radius 2 is 0.577 bits per heavy atom. The summed E-state index contributed by atoms with van der Waals surface area (Å²) in [7, 11) is 4.21. The number of piperidine rings is 5. The first-order valence-electron chi connectivity index (χ1n) is 26.9. The molecule has 8 aliphatic heterocycles. The van der Waals surface area contributed by atoms with Crippen LogP contribution in [0, 0.1) is 27.6 Å². The fourth-order valence-electron chi connectivity index (χ4n) is 9.52. The van der Waals surface area contributed by atoms with Gasteiger partial charge in [0.2, 0.25) is 23.8 Å². The molecule has 402 valence electrons. The van der Waals surface area contributed by atoms with E-state index < -0.39 is 0 Å². The minimum Gasteiger partial charge on any atom is -0.378 e. The van der Waals surface area contributed by atoms with Crippen molar-refractivity contribution in [1.29, 1.82) is 21.6 Å². The van der Waals surface area contributed by atoms with Crippen molar-refractivity contribution in [2.75, 3.05) is 158 Å². The minimum atomic E-state index is 0.261. The smallest absolute Gasteiger partial charge is 0.221 e. The highest BCUT2D eigenvalue weighted by Gasteiger charge is 2.22. The predicted octanol–water partition coefficient (Wildman–Crippen LogP) is 1.45. The molecule has 8 fully saturated rings. The third-order valence-electron chi connectivity index (χ3n) is 14.6. The van der Waals surface area contributed by atoms with E-state index in [4.69, 9.17) is 49.3 Å². The lowest BCUT2D eigenvalue weighted by molar-refractivity contribution is 0.0672. The van der Waals surface area contributed by atoms with Crippen LogP contribution in [-0.4, -0.2) is 255 Å². The van der Waals surface area contributed by atoms with Gasteiger partial charge in [-0.3, -0.25) is 21.6 Å². The third-order valence-corrected chi connectivity index (χ3v) is 14.6. The summed E-state index contributed by atoms with van der Waals surface area (Å²) in [6.07, 6.45) is 16.8. The van der Waals surface area contributed by atoms with Crippen LogP contribution >= 0.6 is 0 Å². The summed E-state index contributed by atoms with van der Waals surface area (Å²) < 4.78 is 5.24. The molecule has 8 saturated heterocycles. The highest BCUT2D eigenvalue weighted by atomic mass is 16.5. The van der Waals surface area contributed by atoms with Crippen LogP contribution in [-0.2, 0) is 4.74 Å². The van der Waals surface area contributed by atoms with Crippen LogP contribution in [0.5, 0.6) is 0 Å². The van der Waals surface area contributed by atoms with Gasteiger partial charge in [0.05, 0.1) is 13.2 Å². The maximum Gasteiger partial charge on any atom is 0.221 e. The molecule has 0 radical (unpaired) electrons. The van der Waals surface area contributed by atoms with E-state index in [-0.39, 0.29) is 5.96 Å². The fourth-order valence-corrected chi connectivity index (χ4v) is 9.52. The van der Waals surface area contributed by atoms with Gasteiger partial charge in [0.15, 0.2) is 23.8 Å². The molecule has 0 amide bonds. The van der Waals surface area contributed by atoms with Gasteiger partial charge in [-0.05, 0) is 110 Å². The lowest BCUT2D eigenvalue weighted by atomic mass is 10.00. The van der Waals surface area contributed by atoms with Gasteiger partial charge in [-0.15, -0.1) is 0 Å². The lowest BCUT2D eigenvalue weighted by Crippen LogP contribution is -2.51. The second kappa shape index (κ2) is 30.7. The molecule has 23 heteroatoms. The van der Waals surface area contributed by atoms with Crippen LogP contribution in [0.25, 0.3) is 0 Å². The molecule has 0 saturated carbocycles. The molecule has 8 heterocycles. The van der Waals surface area contributed by atoms with Crippen molar-refractivity contribution in [2.45, 2.75) is 96.8 Å². The van der Waals surface area contributed by atoms with Crippen molar-refractivity contribution < 1.29 is 4.74 Å². The SMILES string of the molecule is CC1CCN(C(N)=NC(=N)N2CCCCC2)CC1.CN1CCN(C(=N)N=C(N)N2CCN(C)CC2)CC1.N=C(N=C(N)N1CCCCC1)N1CCCCC1.N=C(N=C(N)N1CCCCC1)N1CCOCC1. The molecule has 8 rings (SSSR count). The third kappa shape index (κ3) is 20.1. The lowest BCUT2D eigenvalue weighted by Gasteiger charge is -2.34. The monoisotopic (exact) mass is 995 g/mol. The zero-order chi connectivity index (χ0) is 51.0. The molecule has 0 atom stereocenters. The van der Waals surface area contributed by atoms with Gasteiger partial charge in [-0.2, -0.15) is 20.0 Å². The average Bonchev–Trinajstić information content (AvgIpc) is 3.41. The maximum absolute atomic E-state index is 8.04. The van der Waals surface area contributed by atoms with E-state index in [2.05, 4.69) is 70.4 Å². The van der Waals surface area contributed by atoms with Crippen molar-refractivity contribution >= 4 is 47.7 Å². The number of ether oxygens (including phenoxy) is 1. The molecular weight excluding hydrogens is 901 g/mol. The number of hydrogen-bond acceptors (Lipinski definition) is 7. The maximum atomic E-state index is 8.04. The van der Waals surface area contributed by atoms with Crippen molar-refractivity contribution in [1.82, 2.24) is 49.0 Å². The number of guanidine groups is 8. The summed E-state index contributed by atoms with van der Waals surface area (Å²) in [5.41, 5.74) is 23.9. The molecule has 12 N–H and O–H groups in total. The zero-order valence-corrected chi connectivity index (χ0v) is 44.0. The molecule has 71 heavy (non-hydrogen) atoms. The molecule has 0 aliphatic carbocycles. The van der Waals surface area contributed by atoms with E-state index in [0.29, 0.717) is 54.9 Å². The summed E-state index contributed by atoms with van der Waals surface area (Å²) in [4.78, 5) is 37.8. The van der Waals surface area contributed by atoms with Gasteiger partial charge in [-0.25, -0.2) is 0 Å². The zero-order valence-electron chi connectivity index (χ0n) is 44.0. The van der Waals surface area contributed by atoms with Gasteiger partial charge >= 0.3 is 0 Å². The van der Waals surface area contributed by atoms with Gasteiger partial charge in [-0.1, -0.05) is 6.92 Å². The molecule has 23 nitrogen and oxygen atoms in total. The Bertz CT molecular complexity index is 1670. The number of nitrogens with zero attached hydrogens (tertiary/aromatic N) is 14. The highest BCUT2D eigenvalue weighted by Crippen LogP contribution is 2.17. The average molecular weight is 995 g/mol. The van der Waals surface area contributed by atoms with Crippen molar-refractivity contribution in [3.05, 3.63) is 0 Å². The van der Waals surface area contributed by atoms with Gasteiger partial charge in [0, 0.05) is 131 Å². The van der Waals surface area contributed by atoms with Crippen LogP contribution < -0.4 is 22.9 Å². The fraction of sp³-hybridized carbons (Fsp3) is 0.833. The standard InChI is InChI=1S/C13H25N5.C12H25N7.C12H23N5.C11H21N5O/c1-11-5-9-18(10-6-11)13(15)16-12(14)17-7-3-2-4-8-17;1-16-3-7-18(8-4-16)11(13)15-12(14)19-9-5-17(2)6-10-19;13-11(16-7-3-1-4-8-16)15-12(14)17-9-5-2-6-10-17;12-10(15-4-2-1-3-5-15)14-11(13)16-6-8-17-9-7-16/h11H,2-10H2,1H3,(H3,14,15,16);3-10H2,1-2H3,(H3,13,14,15);1-10H2,(H3,13,14,15);1-9H2,(H3,12,13,14). The number of nitrogens with two attached hydrogens (primary N) is 4. The van der Waals surface area contributed by atoms with Crippen LogP contribution in [0.1, 0.15) is 96.8 Å². The van der Waals surface area contributed by atoms with E-state index in [0.717, 1.165) is 137 Å². The number of likely N-dealkylation sites (N-methyl/N-ethyl adjacent to an activating group) is 2. The molecule has 0 aromatic rings. The molecule has 0 unspecified atom stereocenters. The number of likely N-dealkylation sites (tertiary alicyclic amines) is 5. The molecule has 0 bridgehead atoms. The number of piperazine rings is 2. The van der Waals surface area contributed by atoms with Crippen molar-refractivity contribution in [2.24, 2.45) is 48.8 Å². The Kier molecular flexibility index (Phi) is 24.5. The number of nitrogens with one attached hydrogen (secondary N) is 4. The summed E-state index contributed by atoms with van der Waals surface area (Å²) in [5.74, 6) is 4.05. The number of hydrogen-bond donors (Lipinski definition) is 8. The van der Waals surface area contributed by atoms with Gasteiger partial charge in [0.25, 0.3) is 0 Å². The van der Waals surface area contributed by atoms with Gasteiger partial charge < -0.3 is 76.7 Å². The molecule has 0 aromatic carbocycles. The van der Waals surface area contributed by atoms with E-state index in [1.807, 2.05) is 19.6 Å². The number of morpholine rings is 1. The van der Waals surface area contributed by atoms with Crippen molar-refractivity contribution in [3.63, 3.8) is 0 Å². The Balaban J connectivity index is 0.000000176. The Labute approximate surface area is 425 Å². The molecule has 0 aromatic heterocycles. The Morgan fingerprint density at radius 3 is 0.901 bits per heavy atom. The first-order valence-corrected chi connectivity index (χ1v) is 26.9. The minimum absolute atomic E-state index is 0.261. The Hall–Kier alpha value is -5.16. The highest BCUT2D eigenvalue weighted by molar-refractivity contribution is 5.94. The van der Waals surface area contributed by atoms with E-state index >= 15 is 0 Å². The second-order valence-corrected chi connectivity index (χ2v) is 20.2. The first kappa shape index (κ1) is 56.8. The summed E-state index contributed by atoms with van der Waals surface area (Å²) in [5, 5.41) is 31.9. The number of rotatable bonds is 0. The van der Waals surface area contributed by atoms with E-state index in [1.54, 1.807) is 0 Å². The molecular formula is C48H94N22O. The molecule has 8 aliphatic rings. The summed E-state index contributed by atoms with van der Waals surface area (Å²) >= 11 is 0. The largest absolute Gasteiger partial charge is 0.378 e. The first-order chi connectivity index (χ1) is 34.3. The van der Waals surface area contributed by atoms with E-state index in [9.17, 15) is 0 Å². The van der Waals surface area contributed by atoms with Crippen LogP contribution in [0.2, 0.25) is 0 Å². The van der Waals surface area contributed by atoms with Crippen LogP contribution in [0.15, 0.2) is 20.0 Å². The topological polar surface area (TPSA) is 291 Å². The molecule has 0 spiro atoms. The number of aliphatic imine (C=N–C) groups is 4. The van der Waals surface area contributed by atoms with Crippen LogP contribution in [0.3, 0.4) is 0 Å². The van der Waals surface area contributed by atoms with Crippen LogP contribution in [0.4, 0.5) is 0 Å². The second-order valence-electron chi connectivity index (χ2n) is 20.2. The summed E-state index contributed by atoms with van der Waals surface area (Å²) in [6.45, 7) is 22.2. The normalized spacial score (nSPS) is 23.1. The Morgan fingerprint density at radius 1 is 0.338 bits per heavy atom. The van der Waals surface area contributed by atoms with Gasteiger partial charge in [0.1, 0.15) is 0 Å². The predicted molar refractivity (Wildman–Crippen MR) is 290 cm³/mol. The van der Waals surface area contributed by atoms with Crippen molar-refractivity contribution in [3.8, 4) is 0 Å². The summed E-state index contributed by atoms with van der Waals surface area (Å²) in [6, 6.07) is 0. The quantitative estimate of drug-likeness (QED) is 0.126.